The molecule has 3 aromatic heterocycles. The second-order valence-electron chi connectivity index (χ2n) is 7.48. The quantitative estimate of drug-likeness (QED) is 0.357. The van der Waals surface area contributed by atoms with Crippen LogP contribution in [0.3, 0.4) is 0 Å². The van der Waals surface area contributed by atoms with E-state index >= 15 is 0 Å². The van der Waals surface area contributed by atoms with E-state index in [4.69, 9.17) is 14.7 Å². The van der Waals surface area contributed by atoms with Crippen LogP contribution in [0.4, 0.5) is 0 Å². The van der Waals surface area contributed by atoms with Crippen molar-refractivity contribution < 1.29 is 9.21 Å². The first kappa shape index (κ1) is 21.7. The van der Waals surface area contributed by atoms with Gasteiger partial charge in [-0.3, -0.25) is 14.2 Å². The Labute approximate surface area is 188 Å². The molecule has 0 saturated heterocycles. The van der Waals surface area contributed by atoms with Crippen molar-refractivity contribution in [1.29, 1.82) is 5.26 Å². The van der Waals surface area contributed by atoms with E-state index in [2.05, 4.69) is 6.07 Å². The SMILES string of the molecule is CCCn1c(SCC(=O)N(CCC#N)Cc2ccco2)nc2sc3c(c2c1=O)CCC3. The van der Waals surface area contributed by atoms with E-state index in [0.29, 0.717) is 30.6 Å². The van der Waals surface area contributed by atoms with Crippen molar-refractivity contribution in [2.24, 2.45) is 0 Å². The summed E-state index contributed by atoms with van der Waals surface area (Å²) in [6.07, 6.45) is 5.70. The Balaban J connectivity index is 1.57. The van der Waals surface area contributed by atoms with Crippen molar-refractivity contribution in [2.75, 3.05) is 12.3 Å². The smallest absolute Gasteiger partial charge is 0.263 e. The van der Waals surface area contributed by atoms with Crippen LogP contribution in [0.2, 0.25) is 0 Å². The lowest BCUT2D eigenvalue weighted by Gasteiger charge is -2.20. The number of fused-ring (bicyclic) bond motifs is 3. The predicted octanol–water partition coefficient (Wildman–Crippen LogP) is 3.98. The molecule has 0 N–H and O–H groups in total. The topological polar surface area (TPSA) is 92.1 Å². The summed E-state index contributed by atoms with van der Waals surface area (Å²) in [6, 6.07) is 5.68. The Hall–Kier alpha value is -2.57. The largest absolute Gasteiger partial charge is 0.467 e. The van der Waals surface area contributed by atoms with Crippen molar-refractivity contribution in [3.05, 3.63) is 45.0 Å². The van der Waals surface area contributed by atoms with Crippen LogP contribution in [-0.2, 0) is 30.7 Å². The molecule has 1 aliphatic carbocycles. The van der Waals surface area contributed by atoms with Crippen LogP contribution in [0.1, 0.15) is 42.4 Å². The molecule has 0 radical (unpaired) electrons. The summed E-state index contributed by atoms with van der Waals surface area (Å²) in [4.78, 5) is 34.7. The summed E-state index contributed by atoms with van der Waals surface area (Å²) in [7, 11) is 0. The zero-order valence-electron chi connectivity index (χ0n) is 17.4. The van der Waals surface area contributed by atoms with Crippen molar-refractivity contribution in [3.63, 3.8) is 0 Å². The predicted molar refractivity (Wildman–Crippen MR) is 121 cm³/mol. The van der Waals surface area contributed by atoms with Crippen LogP contribution in [0.25, 0.3) is 10.2 Å². The number of rotatable bonds is 9. The van der Waals surface area contributed by atoms with E-state index in [0.717, 1.165) is 35.9 Å². The molecule has 3 aromatic rings. The number of hydrogen-bond acceptors (Lipinski definition) is 7. The first-order chi connectivity index (χ1) is 15.1. The first-order valence-corrected chi connectivity index (χ1v) is 12.3. The number of nitrogens with zero attached hydrogens (tertiary/aromatic N) is 4. The van der Waals surface area contributed by atoms with Gasteiger partial charge in [-0.1, -0.05) is 18.7 Å². The lowest BCUT2D eigenvalue weighted by atomic mass is 10.2. The molecule has 9 heteroatoms. The third kappa shape index (κ3) is 4.55. The highest BCUT2D eigenvalue weighted by Crippen LogP contribution is 2.35. The van der Waals surface area contributed by atoms with Gasteiger partial charge in [-0.25, -0.2) is 4.98 Å². The Morgan fingerprint density at radius 3 is 3.06 bits per heavy atom. The summed E-state index contributed by atoms with van der Waals surface area (Å²) in [5, 5.41) is 10.3. The van der Waals surface area contributed by atoms with Crippen LogP contribution in [0, 0.1) is 11.3 Å². The summed E-state index contributed by atoms with van der Waals surface area (Å²) in [6.45, 7) is 3.26. The van der Waals surface area contributed by atoms with Crippen LogP contribution in [-0.4, -0.2) is 32.7 Å². The number of furan rings is 1. The number of carbonyl (C=O) groups is 1. The minimum Gasteiger partial charge on any atom is -0.467 e. The maximum absolute atomic E-state index is 13.3. The number of thioether (sulfide) groups is 1. The summed E-state index contributed by atoms with van der Waals surface area (Å²) < 4.78 is 7.08. The van der Waals surface area contributed by atoms with Crippen LogP contribution in [0.15, 0.2) is 32.8 Å². The third-order valence-corrected chi connectivity index (χ3v) is 7.48. The molecule has 0 unspecified atom stereocenters. The van der Waals surface area contributed by atoms with Crippen LogP contribution < -0.4 is 5.56 Å². The molecule has 0 saturated carbocycles. The Morgan fingerprint density at radius 2 is 2.32 bits per heavy atom. The summed E-state index contributed by atoms with van der Waals surface area (Å²) >= 11 is 2.91. The molecule has 0 aliphatic heterocycles. The summed E-state index contributed by atoms with van der Waals surface area (Å²) in [5.74, 6) is 0.716. The van der Waals surface area contributed by atoms with E-state index < -0.39 is 0 Å². The molecule has 0 spiro atoms. The molecule has 0 atom stereocenters. The highest BCUT2D eigenvalue weighted by Gasteiger charge is 2.24. The van der Waals surface area contributed by atoms with Gasteiger partial charge in [0.1, 0.15) is 10.6 Å². The summed E-state index contributed by atoms with van der Waals surface area (Å²) in [5.41, 5.74) is 1.19. The Morgan fingerprint density at radius 1 is 1.45 bits per heavy atom. The van der Waals surface area contributed by atoms with Gasteiger partial charge in [-0.15, -0.1) is 11.3 Å². The fourth-order valence-electron chi connectivity index (χ4n) is 3.87. The highest BCUT2D eigenvalue weighted by atomic mass is 32.2. The normalized spacial score (nSPS) is 12.8. The van der Waals surface area contributed by atoms with Crippen molar-refractivity contribution >= 4 is 39.2 Å². The number of nitriles is 1. The lowest BCUT2D eigenvalue weighted by molar-refractivity contribution is -0.129. The van der Waals surface area contributed by atoms with Gasteiger partial charge >= 0.3 is 0 Å². The number of thiophene rings is 1. The Kier molecular flexibility index (Phi) is 6.78. The first-order valence-electron chi connectivity index (χ1n) is 10.5. The zero-order chi connectivity index (χ0) is 21.8. The molecule has 162 valence electrons. The molecule has 0 fully saturated rings. The number of aromatic nitrogens is 2. The molecule has 7 nitrogen and oxygen atoms in total. The highest BCUT2D eigenvalue weighted by molar-refractivity contribution is 7.99. The fourth-order valence-corrected chi connectivity index (χ4v) is 6.10. The molecule has 0 bridgehead atoms. The average Bonchev–Trinajstić information content (AvgIpc) is 3.49. The zero-order valence-corrected chi connectivity index (χ0v) is 19.1. The van der Waals surface area contributed by atoms with Crippen LogP contribution >= 0.6 is 23.1 Å². The number of carbonyl (C=O) groups excluding carboxylic acids is 1. The van der Waals surface area contributed by atoms with Gasteiger partial charge < -0.3 is 9.32 Å². The van der Waals surface area contributed by atoms with Gasteiger partial charge in [0.05, 0.1) is 36.4 Å². The van der Waals surface area contributed by atoms with Gasteiger partial charge in [-0.2, -0.15) is 5.26 Å². The molecular formula is C22H24N4O3S2. The number of amides is 1. The van der Waals surface area contributed by atoms with E-state index in [1.54, 1.807) is 33.1 Å². The van der Waals surface area contributed by atoms with Gasteiger partial charge in [0.25, 0.3) is 5.56 Å². The fraction of sp³-hybridized carbons (Fsp3) is 0.455. The molecule has 3 heterocycles. The van der Waals surface area contributed by atoms with E-state index in [-0.39, 0.29) is 23.6 Å². The monoisotopic (exact) mass is 456 g/mol. The van der Waals surface area contributed by atoms with E-state index in [1.807, 2.05) is 13.0 Å². The third-order valence-electron chi connectivity index (χ3n) is 5.33. The molecule has 0 aromatic carbocycles. The van der Waals surface area contributed by atoms with Crippen molar-refractivity contribution in [3.8, 4) is 6.07 Å². The van der Waals surface area contributed by atoms with Gasteiger partial charge in [-0.05, 0) is 43.4 Å². The lowest BCUT2D eigenvalue weighted by Crippen LogP contribution is -2.33. The molecule has 1 amide bonds. The standard InChI is InChI=1S/C22H24N4O3S2/c1-2-10-26-21(28)19-16-7-3-8-17(16)31-20(19)24-22(26)30-14-18(27)25(11-5-9-23)13-15-6-4-12-29-15/h4,6,12H,2-3,5,7-8,10-11,13-14H2,1H3. The van der Waals surface area contributed by atoms with Crippen molar-refractivity contribution in [1.82, 2.24) is 14.5 Å². The van der Waals surface area contributed by atoms with E-state index in [9.17, 15) is 9.59 Å². The van der Waals surface area contributed by atoms with Gasteiger partial charge in [0.2, 0.25) is 5.91 Å². The Bertz CT molecular complexity index is 1170. The maximum atomic E-state index is 13.3. The van der Waals surface area contributed by atoms with Crippen LogP contribution in [0.5, 0.6) is 0 Å². The minimum atomic E-state index is -0.109. The van der Waals surface area contributed by atoms with E-state index in [1.165, 1.54) is 22.2 Å². The molecule has 4 rings (SSSR count). The maximum Gasteiger partial charge on any atom is 0.263 e. The minimum absolute atomic E-state index is 0.0121. The number of hydrogen-bond donors (Lipinski definition) is 0. The van der Waals surface area contributed by atoms with Gasteiger partial charge in [0.15, 0.2) is 5.16 Å². The molecule has 1 aliphatic rings. The second kappa shape index (κ2) is 9.71. The second-order valence-corrected chi connectivity index (χ2v) is 9.51. The molecular weight excluding hydrogens is 432 g/mol. The number of aryl methyl sites for hydroxylation is 2. The molecule has 31 heavy (non-hydrogen) atoms. The van der Waals surface area contributed by atoms with Gasteiger partial charge in [0, 0.05) is 18.0 Å². The van der Waals surface area contributed by atoms with Crippen molar-refractivity contribution in [2.45, 2.75) is 57.3 Å². The average molecular weight is 457 g/mol.